The van der Waals surface area contributed by atoms with E-state index in [1.54, 1.807) is 6.07 Å². The van der Waals surface area contributed by atoms with Gasteiger partial charge >= 0.3 is 12.1 Å². The van der Waals surface area contributed by atoms with Crippen LogP contribution in [-0.2, 0) is 9.59 Å². The summed E-state index contributed by atoms with van der Waals surface area (Å²) in [4.78, 5) is 30.7. The molecule has 4 rings (SSSR count). The lowest BCUT2D eigenvalue weighted by Crippen LogP contribution is -2.48. The van der Waals surface area contributed by atoms with E-state index >= 15 is 0 Å². The average Bonchev–Trinajstić information content (AvgIpc) is 3.33. The number of carbonyl (C=O) groups excluding carboxylic acids is 2. The molecule has 2 aromatic rings. The number of anilines is 1. The highest BCUT2D eigenvalue weighted by Gasteiger charge is 2.43. The van der Waals surface area contributed by atoms with Crippen LogP contribution in [0, 0.1) is 5.92 Å². The van der Waals surface area contributed by atoms with Crippen LogP contribution < -0.4 is 5.32 Å². The third-order valence-corrected chi connectivity index (χ3v) is 8.05. The van der Waals surface area contributed by atoms with Crippen molar-refractivity contribution in [1.82, 2.24) is 14.7 Å². The maximum Gasteiger partial charge on any atom is 0.471 e. The summed E-state index contributed by atoms with van der Waals surface area (Å²) in [5.41, 5.74) is 3.53. The van der Waals surface area contributed by atoms with Crippen molar-refractivity contribution in [1.29, 1.82) is 0 Å². The predicted octanol–water partition coefficient (Wildman–Crippen LogP) is 4.81. The first-order valence-corrected chi connectivity index (χ1v) is 13.3. The Labute approximate surface area is 219 Å². The number of hydrogen-bond donors (Lipinski definition) is 1. The zero-order valence-electron chi connectivity index (χ0n) is 21.2. The number of alkyl halides is 3. The molecule has 0 bridgehead atoms. The van der Waals surface area contributed by atoms with Crippen molar-refractivity contribution < 1.29 is 22.8 Å². The van der Waals surface area contributed by atoms with Crippen LogP contribution >= 0.6 is 11.3 Å². The number of benzene rings is 1. The number of rotatable bonds is 7. The van der Waals surface area contributed by atoms with Gasteiger partial charge in [0.2, 0.25) is 5.91 Å². The highest BCUT2D eigenvalue weighted by atomic mass is 32.1. The number of hydrogen-bond acceptors (Lipinski definition) is 5. The average molecular weight is 535 g/mol. The predicted molar refractivity (Wildman–Crippen MR) is 141 cm³/mol. The Kier molecular flexibility index (Phi) is 8.71. The third-order valence-electron chi connectivity index (χ3n) is 7.00. The highest BCUT2D eigenvalue weighted by Crippen LogP contribution is 2.33. The van der Waals surface area contributed by atoms with Gasteiger partial charge in [0.1, 0.15) is 6.54 Å². The molecular weight excluding hydrogens is 501 g/mol. The minimum atomic E-state index is -5.02. The maximum absolute atomic E-state index is 13.2. The van der Waals surface area contributed by atoms with Crippen LogP contribution in [0.25, 0.3) is 16.0 Å². The molecule has 6 nitrogen and oxygen atoms in total. The number of amides is 2. The molecule has 2 amide bonds. The van der Waals surface area contributed by atoms with Gasteiger partial charge in [-0.25, -0.2) is 0 Å². The molecule has 1 fully saturated rings. The molecule has 1 N–H and O–H groups in total. The second kappa shape index (κ2) is 11.8. The lowest BCUT2D eigenvalue weighted by atomic mass is 9.96. The number of carbonyl (C=O) groups is 2. The van der Waals surface area contributed by atoms with Gasteiger partial charge < -0.3 is 20.0 Å². The highest BCUT2D eigenvalue weighted by molar-refractivity contribution is 7.19. The molecule has 0 spiro atoms. The molecule has 3 heterocycles. The van der Waals surface area contributed by atoms with Gasteiger partial charge in [0, 0.05) is 24.5 Å². The van der Waals surface area contributed by atoms with Gasteiger partial charge in [-0.3, -0.25) is 9.59 Å². The van der Waals surface area contributed by atoms with E-state index in [4.69, 9.17) is 0 Å². The first-order chi connectivity index (χ1) is 17.6. The van der Waals surface area contributed by atoms with Crippen molar-refractivity contribution >= 4 is 33.7 Å². The number of nitrogens with zero attached hydrogens (tertiary/aromatic N) is 3. The Morgan fingerprint density at radius 2 is 1.68 bits per heavy atom. The molecule has 200 valence electrons. The van der Waals surface area contributed by atoms with Crippen molar-refractivity contribution in [2.75, 3.05) is 58.7 Å². The van der Waals surface area contributed by atoms with E-state index in [-0.39, 0.29) is 12.5 Å². The summed E-state index contributed by atoms with van der Waals surface area (Å²) in [7, 11) is 4.06. The van der Waals surface area contributed by atoms with E-state index in [2.05, 4.69) is 40.4 Å². The van der Waals surface area contributed by atoms with Crippen molar-refractivity contribution in [3.63, 3.8) is 0 Å². The van der Waals surface area contributed by atoms with E-state index in [1.807, 2.05) is 25.2 Å². The first-order valence-electron chi connectivity index (χ1n) is 12.5. The van der Waals surface area contributed by atoms with Crippen molar-refractivity contribution in [2.24, 2.45) is 5.92 Å². The molecule has 1 aromatic heterocycles. The summed E-state index contributed by atoms with van der Waals surface area (Å²) in [6.45, 7) is 2.80. The van der Waals surface area contributed by atoms with E-state index in [0.29, 0.717) is 22.7 Å². The largest absolute Gasteiger partial charge is 0.471 e. The summed E-state index contributed by atoms with van der Waals surface area (Å²) in [6.07, 6.45) is -0.368. The fraction of sp³-hybridized carbons (Fsp3) is 0.481. The smallest absolute Gasteiger partial charge is 0.325 e. The third kappa shape index (κ3) is 7.43. The Balaban J connectivity index is 1.37. The molecular formula is C27H33F3N4O2S. The zero-order chi connectivity index (χ0) is 26.6. The molecule has 0 saturated carbocycles. The minimum Gasteiger partial charge on any atom is -0.325 e. The molecule has 1 saturated heterocycles. The second-order valence-electron chi connectivity index (χ2n) is 9.96. The number of halogens is 3. The molecule has 0 aliphatic carbocycles. The van der Waals surface area contributed by atoms with Crippen molar-refractivity contribution in [3.05, 3.63) is 48.0 Å². The van der Waals surface area contributed by atoms with Gasteiger partial charge in [-0.2, -0.15) is 13.2 Å². The zero-order valence-corrected chi connectivity index (χ0v) is 22.0. The van der Waals surface area contributed by atoms with Gasteiger partial charge in [-0.05, 0) is 81.2 Å². The molecule has 37 heavy (non-hydrogen) atoms. The van der Waals surface area contributed by atoms with Crippen LogP contribution in [-0.4, -0.2) is 86.1 Å². The van der Waals surface area contributed by atoms with E-state index < -0.39 is 24.5 Å². The van der Waals surface area contributed by atoms with Crippen LogP contribution in [0.1, 0.15) is 24.8 Å². The topological polar surface area (TPSA) is 55.9 Å². The molecule has 10 heteroatoms. The monoisotopic (exact) mass is 534 g/mol. The maximum atomic E-state index is 13.2. The van der Waals surface area contributed by atoms with Gasteiger partial charge in [-0.1, -0.05) is 30.3 Å². The van der Waals surface area contributed by atoms with Crippen LogP contribution in [0.3, 0.4) is 0 Å². The lowest BCUT2D eigenvalue weighted by molar-refractivity contribution is -0.186. The SMILES string of the molecule is CN1CC=C(c2ccc(-c3ccc(NC(=O)CN(CC4CCN(C)CC4)C(=O)C(F)(F)F)s3)cc2)CC1. The van der Waals surface area contributed by atoms with Gasteiger partial charge in [0.15, 0.2) is 0 Å². The van der Waals surface area contributed by atoms with Gasteiger partial charge in [-0.15, -0.1) is 11.3 Å². The number of likely N-dealkylation sites (tertiary alicyclic amines) is 1. The molecule has 1 aromatic carbocycles. The normalized spacial score (nSPS) is 17.9. The van der Waals surface area contributed by atoms with E-state index in [9.17, 15) is 22.8 Å². The quantitative estimate of drug-likeness (QED) is 0.554. The van der Waals surface area contributed by atoms with Gasteiger partial charge in [0.25, 0.3) is 0 Å². The van der Waals surface area contributed by atoms with E-state index in [1.165, 1.54) is 22.5 Å². The van der Waals surface area contributed by atoms with E-state index in [0.717, 1.165) is 43.0 Å². The summed E-state index contributed by atoms with van der Waals surface area (Å²) in [5, 5.41) is 3.21. The molecule has 2 aliphatic rings. The van der Waals surface area contributed by atoms with Crippen LogP contribution in [0.5, 0.6) is 0 Å². The summed E-state index contributed by atoms with van der Waals surface area (Å²) in [5.74, 6) is -2.66. The van der Waals surface area contributed by atoms with Crippen molar-refractivity contribution in [3.8, 4) is 10.4 Å². The summed E-state index contributed by atoms with van der Waals surface area (Å²) >= 11 is 1.35. The Hall–Kier alpha value is -2.69. The molecule has 2 aliphatic heterocycles. The fourth-order valence-corrected chi connectivity index (χ4v) is 5.67. The van der Waals surface area contributed by atoms with Crippen LogP contribution in [0.4, 0.5) is 18.2 Å². The Morgan fingerprint density at radius 3 is 2.30 bits per heavy atom. The van der Waals surface area contributed by atoms with Crippen LogP contribution in [0.2, 0.25) is 0 Å². The standard InChI is InChI=1S/C27H33F3N4O2S/c1-32-13-9-19(10-14-32)17-34(26(36)27(28,29)30)18-24(35)31-25-8-7-23(37-25)22-5-3-20(4-6-22)21-11-15-33(2)16-12-21/h3-8,11,19H,9-10,12-18H2,1-2H3,(H,31,35). The minimum absolute atomic E-state index is 0.0584. The number of nitrogens with one attached hydrogen (secondary N) is 1. The first kappa shape index (κ1) is 27.3. The lowest BCUT2D eigenvalue weighted by Gasteiger charge is -2.33. The Bertz CT molecular complexity index is 1120. The number of piperidine rings is 1. The second-order valence-corrected chi connectivity index (χ2v) is 11.0. The fourth-order valence-electron chi connectivity index (χ4n) is 4.75. The van der Waals surface area contributed by atoms with Crippen molar-refractivity contribution in [2.45, 2.75) is 25.4 Å². The number of thiophene rings is 1. The molecule has 0 atom stereocenters. The van der Waals surface area contributed by atoms with Crippen LogP contribution in [0.15, 0.2) is 42.5 Å². The molecule has 0 radical (unpaired) electrons. The molecule has 0 unspecified atom stereocenters. The summed E-state index contributed by atoms with van der Waals surface area (Å²) in [6, 6.07) is 11.9. The summed E-state index contributed by atoms with van der Waals surface area (Å²) < 4.78 is 39.6. The Morgan fingerprint density at radius 1 is 1.00 bits per heavy atom. The van der Waals surface area contributed by atoms with Gasteiger partial charge in [0.05, 0.1) is 5.00 Å². The number of likely N-dealkylation sites (N-methyl/N-ethyl adjacent to an activating group) is 1.